The molecular weight excluding hydrogens is 426 g/mol. The highest BCUT2D eigenvalue weighted by Crippen LogP contribution is 2.17. The van der Waals surface area contributed by atoms with Crippen molar-refractivity contribution in [2.24, 2.45) is 0 Å². The first-order chi connectivity index (χ1) is 15.5. The van der Waals surface area contributed by atoms with Crippen molar-refractivity contribution in [2.45, 2.75) is 12.8 Å². The van der Waals surface area contributed by atoms with Gasteiger partial charge in [0.05, 0.1) is 22.8 Å². The highest BCUT2D eigenvalue weighted by molar-refractivity contribution is 6.32. The van der Waals surface area contributed by atoms with E-state index < -0.39 is 0 Å². The first kappa shape index (κ1) is 20.0. The molecule has 0 aromatic carbocycles. The number of halogens is 1. The van der Waals surface area contributed by atoms with Crippen LogP contribution in [0, 0.1) is 0 Å². The van der Waals surface area contributed by atoms with E-state index in [0.717, 1.165) is 44.8 Å². The summed E-state index contributed by atoms with van der Waals surface area (Å²) < 4.78 is 0.639. The number of aromatic amines is 2. The lowest BCUT2D eigenvalue weighted by atomic mass is 10.3. The zero-order chi connectivity index (χ0) is 22.1. The first-order valence-electron chi connectivity index (χ1n) is 10.1. The SMILES string of the molecule is C1=Cc2cc3ccc(cc4ccc(cc5nc(cc1n2)C=C5)[nH]4)[nH]3.O=C1CCC(=O)N1Cl. The monoisotopic (exact) mass is 443 g/mol. The predicted octanol–water partition coefficient (Wildman–Crippen LogP) is 4.94. The second-order valence-corrected chi connectivity index (χ2v) is 7.81. The van der Waals surface area contributed by atoms with E-state index in [2.05, 4.69) is 50.3 Å². The van der Waals surface area contributed by atoms with Crippen LogP contribution in [-0.2, 0) is 9.59 Å². The van der Waals surface area contributed by atoms with Gasteiger partial charge >= 0.3 is 0 Å². The van der Waals surface area contributed by atoms with E-state index in [1.54, 1.807) is 0 Å². The van der Waals surface area contributed by atoms with Crippen molar-refractivity contribution in [2.75, 3.05) is 0 Å². The van der Waals surface area contributed by atoms with Crippen molar-refractivity contribution in [1.82, 2.24) is 24.4 Å². The third kappa shape index (κ3) is 4.38. The lowest BCUT2D eigenvalue weighted by molar-refractivity contribution is -0.132. The molecule has 0 radical (unpaired) electrons. The van der Waals surface area contributed by atoms with E-state index in [4.69, 9.17) is 11.8 Å². The van der Waals surface area contributed by atoms with Crippen molar-refractivity contribution in [3.8, 4) is 0 Å². The summed E-state index contributed by atoms with van der Waals surface area (Å²) >= 11 is 5.15. The fourth-order valence-corrected chi connectivity index (χ4v) is 3.66. The maximum atomic E-state index is 10.4. The average Bonchev–Trinajstić information content (AvgIpc) is 3.59. The minimum atomic E-state index is -0.295. The third-order valence-electron chi connectivity index (χ3n) is 5.03. The normalized spacial score (nSPS) is 14.6. The Hall–Kier alpha value is -3.97. The van der Waals surface area contributed by atoms with Gasteiger partial charge in [0.2, 0.25) is 11.8 Å². The van der Waals surface area contributed by atoms with E-state index in [1.807, 2.05) is 42.5 Å². The zero-order valence-electron chi connectivity index (χ0n) is 16.9. The number of hydrogen-bond acceptors (Lipinski definition) is 4. The summed E-state index contributed by atoms with van der Waals surface area (Å²) in [4.78, 5) is 36.7. The largest absolute Gasteiger partial charge is 0.355 e. The lowest BCUT2D eigenvalue weighted by Crippen LogP contribution is -2.16. The molecule has 0 aliphatic carbocycles. The van der Waals surface area contributed by atoms with Crippen molar-refractivity contribution < 1.29 is 9.59 Å². The van der Waals surface area contributed by atoms with E-state index in [1.165, 1.54) is 0 Å². The van der Waals surface area contributed by atoms with Crippen LogP contribution in [-0.4, -0.2) is 36.2 Å². The molecule has 8 bridgehead atoms. The third-order valence-corrected chi connectivity index (χ3v) is 5.41. The van der Waals surface area contributed by atoms with Gasteiger partial charge in [-0.25, -0.2) is 9.97 Å². The molecule has 158 valence electrons. The quantitative estimate of drug-likeness (QED) is 0.261. The van der Waals surface area contributed by atoms with Gasteiger partial charge in [-0.15, -0.1) is 0 Å². The number of imide groups is 1. The molecule has 2 N–H and O–H groups in total. The molecule has 3 aromatic heterocycles. The Kier molecular flexibility index (Phi) is 5.17. The van der Waals surface area contributed by atoms with E-state index in [9.17, 15) is 9.59 Å². The average molecular weight is 444 g/mol. The van der Waals surface area contributed by atoms with Crippen LogP contribution in [0.1, 0.15) is 35.6 Å². The van der Waals surface area contributed by atoms with Crippen LogP contribution in [0.4, 0.5) is 0 Å². The molecule has 0 saturated carbocycles. The minimum Gasteiger partial charge on any atom is -0.355 e. The lowest BCUT2D eigenvalue weighted by Gasteiger charge is -1.96. The molecule has 3 aromatic rings. The smallest absolute Gasteiger partial charge is 0.244 e. The van der Waals surface area contributed by atoms with Crippen LogP contribution in [0.15, 0.2) is 48.5 Å². The van der Waals surface area contributed by atoms with Crippen molar-refractivity contribution >= 4 is 70.0 Å². The molecule has 3 aliphatic heterocycles. The van der Waals surface area contributed by atoms with Crippen molar-refractivity contribution in [3.63, 3.8) is 0 Å². The molecule has 1 fully saturated rings. The number of rotatable bonds is 0. The molecular formula is C24H18ClN5O2. The number of H-pyrrole nitrogens is 2. The fourth-order valence-electron chi connectivity index (χ4n) is 3.49. The Morgan fingerprint density at radius 3 is 1.38 bits per heavy atom. The van der Waals surface area contributed by atoms with Crippen molar-refractivity contribution in [1.29, 1.82) is 0 Å². The topological polar surface area (TPSA) is 94.7 Å². The summed E-state index contributed by atoms with van der Waals surface area (Å²) in [5.74, 6) is -0.590. The van der Waals surface area contributed by atoms with Crippen LogP contribution >= 0.6 is 11.8 Å². The summed E-state index contributed by atoms with van der Waals surface area (Å²) in [6, 6.07) is 16.4. The molecule has 32 heavy (non-hydrogen) atoms. The van der Waals surface area contributed by atoms with Gasteiger partial charge in [0, 0.05) is 46.7 Å². The zero-order valence-corrected chi connectivity index (χ0v) is 17.6. The Morgan fingerprint density at radius 1 is 0.625 bits per heavy atom. The van der Waals surface area contributed by atoms with Gasteiger partial charge < -0.3 is 9.97 Å². The van der Waals surface area contributed by atoms with E-state index in [-0.39, 0.29) is 24.7 Å². The summed E-state index contributed by atoms with van der Waals surface area (Å²) in [5, 5.41) is 0. The summed E-state index contributed by atoms with van der Waals surface area (Å²) in [6.45, 7) is 0. The molecule has 8 heteroatoms. The molecule has 2 amide bonds. The van der Waals surface area contributed by atoms with Crippen molar-refractivity contribution in [3.05, 3.63) is 71.3 Å². The Bertz CT molecular complexity index is 1340. The van der Waals surface area contributed by atoms with E-state index in [0.29, 0.717) is 4.42 Å². The first-order valence-corrected chi connectivity index (χ1v) is 10.4. The van der Waals surface area contributed by atoms with E-state index >= 15 is 0 Å². The highest BCUT2D eigenvalue weighted by atomic mass is 35.5. The second-order valence-electron chi connectivity index (χ2n) is 7.47. The number of amides is 2. The molecule has 6 rings (SSSR count). The minimum absolute atomic E-state index is 0.266. The highest BCUT2D eigenvalue weighted by Gasteiger charge is 2.26. The number of carbonyl (C=O) groups is 2. The standard InChI is InChI=1S/C20H14N4.C4H4ClNO2/c1-2-14-10-16-5-6-18(23-16)12-20-8-7-19(24-20)11-17-4-3-15(22-17)9-13(1)21-14;5-6-3(7)1-2-4(6)8/h1-12,21-22H;1-2H2. The van der Waals surface area contributed by atoms with Gasteiger partial charge in [-0.2, -0.15) is 4.42 Å². The van der Waals surface area contributed by atoms with Gasteiger partial charge in [-0.1, -0.05) is 0 Å². The number of nitrogens with zero attached hydrogens (tertiary/aromatic N) is 3. The Morgan fingerprint density at radius 2 is 1.00 bits per heavy atom. The number of aromatic nitrogens is 4. The molecule has 1 saturated heterocycles. The molecule has 0 atom stereocenters. The Balaban J connectivity index is 0.000000230. The fraction of sp³-hybridized carbons (Fsp3) is 0.0833. The molecule has 6 heterocycles. The van der Waals surface area contributed by atoms with Crippen LogP contribution < -0.4 is 0 Å². The molecule has 7 nitrogen and oxygen atoms in total. The number of fused-ring (bicyclic) bond motifs is 8. The van der Waals surface area contributed by atoms with Crippen LogP contribution in [0.5, 0.6) is 0 Å². The van der Waals surface area contributed by atoms with Gasteiger partial charge in [0.25, 0.3) is 0 Å². The number of hydrogen-bond donors (Lipinski definition) is 2. The summed E-state index contributed by atoms with van der Waals surface area (Å²) in [6.07, 6.45) is 8.58. The van der Waals surface area contributed by atoms with Gasteiger partial charge in [0.15, 0.2) is 0 Å². The predicted molar refractivity (Wildman–Crippen MR) is 126 cm³/mol. The number of carbonyl (C=O) groups excluding carboxylic acids is 2. The van der Waals surface area contributed by atoms with Crippen LogP contribution in [0.2, 0.25) is 0 Å². The van der Waals surface area contributed by atoms with Gasteiger partial charge in [0.1, 0.15) is 0 Å². The summed E-state index contributed by atoms with van der Waals surface area (Å²) in [5.41, 5.74) is 7.86. The summed E-state index contributed by atoms with van der Waals surface area (Å²) in [7, 11) is 0. The maximum Gasteiger partial charge on any atom is 0.244 e. The maximum absolute atomic E-state index is 10.4. The second kappa shape index (κ2) is 8.28. The van der Waals surface area contributed by atoms with Crippen LogP contribution in [0.25, 0.3) is 46.4 Å². The number of nitrogens with one attached hydrogen (secondary N) is 2. The van der Waals surface area contributed by atoms with Gasteiger partial charge in [-0.05, 0) is 72.8 Å². The Labute approximate surface area is 188 Å². The van der Waals surface area contributed by atoms with Gasteiger partial charge in [-0.3, -0.25) is 9.59 Å². The molecule has 0 spiro atoms. The molecule has 3 aliphatic rings. The van der Waals surface area contributed by atoms with Crippen LogP contribution in [0.3, 0.4) is 0 Å². The molecule has 0 unspecified atom stereocenters.